The Kier molecular flexibility index (Phi) is 9.33. The van der Waals surface area contributed by atoms with Gasteiger partial charge in [-0.1, -0.05) is 45.0 Å². The lowest BCUT2D eigenvalue weighted by molar-refractivity contribution is 0.0697. The quantitative estimate of drug-likeness (QED) is 0.304. The van der Waals surface area contributed by atoms with Crippen molar-refractivity contribution in [2.45, 2.75) is 37.5 Å². The van der Waals surface area contributed by atoms with Crippen molar-refractivity contribution in [1.82, 2.24) is 4.31 Å². The van der Waals surface area contributed by atoms with Crippen molar-refractivity contribution in [3.8, 4) is 5.75 Å². The Morgan fingerprint density at radius 3 is 2.33 bits per heavy atom. The van der Waals surface area contributed by atoms with E-state index in [0.29, 0.717) is 26.2 Å². The van der Waals surface area contributed by atoms with E-state index in [0.717, 1.165) is 34.1 Å². The van der Waals surface area contributed by atoms with Gasteiger partial charge < -0.3 is 14.7 Å². The molecule has 0 unspecified atom stereocenters. The zero-order valence-electron chi connectivity index (χ0n) is 23.4. The fourth-order valence-electron chi connectivity index (χ4n) is 4.56. The molecule has 1 fully saturated rings. The van der Waals surface area contributed by atoms with Crippen LogP contribution in [0.25, 0.3) is 0 Å². The van der Waals surface area contributed by atoms with Crippen LogP contribution in [0.1, 0.15) is 42.3 Å². The van der Waals surface area contributed by atoms with Gasteiger partial charge in [0.2, 0.25) is 0 Å². The third-order valence-electron chi connectivity index (χ3n) is 6.93. The first-order valence-electron chi connectivity index (χ1n) is 13.2. The Morgan fingerprint density at radius 1 is 1.00 bits per heavy atom. The molecule has 10 heteroatoms. The van der Waals surface area contributed by atoms with Gasteiger partial charge >= 0.3 is 16.2 Å². The van der Waals surface area contributed by atoms with E-state index in [4.69, 9.17) is 4.74 Å². The number of anilines is 2. The molecule has 0 bridgehead atoms. The van der Waals surface area contributed by atoms with E-state index in [9.17, 15) is 18.3 Å². The monoisotopic (exact) mass is 583 g/mol. The van der Waals surface area contributed by atoms with E-state index in [-0.39, 0.29) is 16.7 Å². The van der Waals surface area contributed by atoms with Crippen LogP contribution >= 0.6 is 11.8 Å². The molecule has 1 saturated heterocycles. The van der Waals surface area contributed by atoms with Crippen LogP contribution in [-0.4, -0.2) is 62.8 Å². The van der Waals surface area contributed by atoms with E-state index in [1.165, 1.54) is 33.8 Å². The number of carbonyl (C=O) groups is 1. The normalized spacial score (nSPS) is 14.7. The Hall–Kier alpha value is -3.21. The summed E-state index contributed by atoms with van der Waals surface area (Å²) < 4.78 is 35.5. The summed E-state index contributed by atoms with van der Waals surface area (Å²) in [6.07, 6.45) is 0.783. The molecular formula is C30H37N3O5S2. The average molecular weight is 584 g/mol. The van der Waals surface area contributed by atoms with Crippen molar-refractivity contribution >= 4 is 39.3 Å². The van der Waals surface area contributed by atoms with Gasteiger partial charge in [-0.2, -0.15) is 12.7 Å². The van der Waals surface area contributed by atoms with Crippen LogP contribution in [0.3, 0.4) is 0 Å². The molecule has 0 amide bonds. The molecule has 0 spiro atoms. The molecule has 8 nitrogen and oxygen atoms in total. The van der Waals surface area contributed by atoms with E-state index < -0.39 is 16.2 Å². The highest BCUT2D eigenvalue weighted by Gasteiger charge is 2.28. The zero-order valence-corrected chi connectivity index (χ0v) is 25.0. The number of hydrogen-bond acceptors (Lipinski definition) is 6. The maximum Gasteiger partial charge on any atom is 0.337 e. The molecule has 1 aliphatic heterocycles. The summed E-state index contributed by atoms with van der Waals surface area (Å²) in [4.78, 5) is 14.9. The molecule has 3 aromatic carbocycles. The van der Waals surface area contributed by atoms with Crippen LogP contribution in [0.15, 0.2) is 71.6 Å². The number of carboxylic acid groups (broad SMARTS) is 1. The molecule has 3 aromatic rings. The molecule has 214 valence electrons. The molecule has 0 aromatic heterocycles. The first kappa shape index (κ1) is 29.8. The number of hydrogen-bond donors (Lipinski definition) is 2. The highest BCUT2D eigenvalue weighted by atomic mass is 32.2. The third-order valence-corrected chi connectivity index (χ3v) is 9.45. The second kappa shape index (κ2) is 12.5. The largest absolute Gasteiger partial charge is 0.497 e. The van der Waals surface area contributed by atoms with Crippen molar-refractivity contribution in [2.24, 2.45) is 0 Å². The van der Waals surface area contributed by atoms with Crippen molar-refractivity contribution in [3.63, 3.8) is 0 Å². The van der Waals surface area contributed by atoms with Gasteiger partial charge in [-0.3, -0.25) is 4.72 Å². The molecule has 1 heterocycles. The number of rotatable bonds is 10. The van der Waals surface area contributed by atoms with Crippen LogP contribution in [0, 0.1) is 0 Å². The number of methoxy groups -OCH3 is 1. The van der Waals surface area contributed by atoms with Gasteiger partial charge in [0.15, 0.2) is 0 Å². The first-order chi connectivity index (χ1) is 19.0. The van der Waals surface area contributed by atoms with Gasteiger partial charge in [0, 0.05) is 42.5 Å². The SMILES string of the molecule is COc1cccc(CCSc2ccc(NS(=O)(=O)N3CCN(c4ccc(C(C)(C)C)cc4)CC3)c(C(=O)O)c2)c1. The summed E-state index contributed by atoms with van der Waals surface area (Å²) in [5.74, 6) is 0.348. The van der Waals surface area contributed by atoms with Crippen molar-refractivity contribution < 1.29 is 23.1 Å². The first-order valence-corrected chi connectivity index (χ1v) is 15.7. The second-order valence-corrected chi connectivity index (χ2v) is 13.6. The summed E-state index contributed by atoms with van der Waals surface area (Å²) in [6, 6.07) is 21.0. The van der Waals surface area contributed by atoms with E-state index in [2.05, 4.69) is 54.7 Å². The summed E-state index contributed by atoms with van der Waals surface area (Å²) >= 11 is 1.52. The topological polar surface area (TPSA) is 99.2 Å². The maximum absolute atomic E-state index is 13.2. The van der Waals surface area contributed by atoms with Crippen molar-refractivity contribution in [2.75, 3.05) is 48.7 Å². The van der Waals surface area contributed by atoms with Gasteiger partial charge in [-0.15, -0.1) is 11.8 Å². The van der Waals surface area contributed by atoms with Gasteiger partial charge in [0.05, 0.1) is 18.4 Å². The maximum atomic E-state index is 13.2. The Labute approximate surface area is 241 Å². The van der Waals surface area contributed by atoms with Gasteiger partial charge in [-0.05, 0) is 65.4 Å². The van der Waals surface area contributed by atoms with Crippen LogP contribution < -0.4 is 14.4 Å². The van der Waals surface area contributed by atoms with Crippen molar-refractivity contribution in [3.05, 3.63) is 83.4 Å². The summed E-state index contributed by atoms with van der Waals surface area (Å²) in [7, 11) is -2.29. The summed E-state index contributed by atoms with van der Waals surface area (Å²) in [5, 5.41) is 9.81. The number of aromatic carboxylic acids is 1. The molecule has 4 rings (SSSR count). The van der Waals surface area contributed by atoms with Gasteiger partial charge in [-0.25, -0.2) is 4.79 Å². The Morgan fingerprint density at radius 2 is 1.70 bits per heavy atom. The van der Waals surface area contributed by atoms with Crippen molar-refractivity contribution in [1.29, 1.82) is 0 Å². The minimum absolute atomic E-state index is 0.0600. The number of nitrogens with one attached hydrogen (secondary N) is 1. The number of carboxylic acids is 1. The molecule has 2 N–H and O–H groups in total. The predicted molar refractivity (Wildman–Crippen MR) is 162 cm³/mol. The number of aryl methyl sites for hydroxylation is 1. The lowest BCUT2D eigenvalue weighted by Crippen LogP contribution is -2.50. The number of nitrogens with zero attached hydrogens (tertiary/aromatic N) is 2. The smallest absolute Gasteiger partial charge is 0.337 e. The fourth-order valence-corrected chi connectivity index (χ4v) is 6.72. The lowest BCUT2D eigenvalue weighted by atomic mass is 9.87. The van der Waals surface area contributed by atoms with Crippen LogP contribution in [0.4, 0.5) is 11.4 Å². The number of ether oxygens (including phenoxy) is 1. The number of piperazine rings is 1. The summed E-state index contributed by atoms with van der Waals surface area (Å²) in [6.45, 7) is 8.21. The van der Waals surface area contributed by atoms with Crippen LogP contribution in [-0.2, 0) is 22.0 Å². The van der Waals surface area contributed by atoms with Gasteiger partial charge in [0.1, 0.15) is 5.75 Å². The Bertz CT molecular complexity index is 1430. The highest BCUT2D eigenvalue weighted by Crippen LogP contribution is 2.28. The second-order valence-electron chi connectivity index (χ2n) is 10.8. The Balaban J connectivity index is 1.36. The predicted octanol–water partition coefficient (Wildman–Crippen LogP) is 5.50. The van der Waals surface area contributed by atoms with Crippen LogP contribution in [0.2, 0.25) is 0 Å². The average Bonchev–Trinajstić information content (AvgIpc) is 2.93. The van der Waals surface area contributed by atoms with E-state index in [1.807, 2.05) is 24.3 Å². The third kappa shape index (κ3) is 7.50. The molecule has 0 atom stereocenters. The zero-order chi connectivity index (χ0) is 28.9. The molecular weight excluding hydrogens is 546 g/mol. The van der Waals surface area contributed by atoms with Gasteiger partial charge in [0.25, 0.3) is 0 Å². The lowest BCUT2D eigenvalue weighted by Gasteiger charge is -2.35. The fraction of sp³-hybridized carbons (Fsp3) is 0.367. The minimum atomic E-state index is -3.92. The van der Waals surface area contributed by atoms with E-state index >= 15 is 0 Å². The molecule has 0 radical (unpaired) electrons. The molecule has 0 saturated carbocycles. The summed E-state index contributed by atoms with van der Waals surface area (Å²) in [5.41, 5.74) is 3.48. The molecule has 0 aliphatic carbocycles. The minimum Gasteiger partial charge on any atom is -0.497 e. The van der Waals surface area contributed by atoms with Crippen LogP contribution in [0.5, 0.6) is 5.75 Å². The van der Waals surface area contributed by atoms with E-state index in [1.54, 1.807) is 13.2 Å². The molecule has 1 aliphatic rings. The molecule has 40 heavy (non-hydrogen) atoms. The number of thioether (sulfide) groups is 1. The highest BCUT2D eigenvalue weighted by molar-refractivity contribution is 7.99. The standard InChI is InChI=1S/C30H37N3O5S2/c1-30(2,3)23-8-10-24(11-9-23)32-15-17-33(18-16-32)40(36,37)31-28-13-12-26(21-27(28)29(34)35)39-19-14-22-6-5-7-25(20-22)38-4/h5-13,20-21,31H,14-19H2,1-4H3,(H,34,35). The number of benzene rings is 3.